The summed E-state index contributed by atoms with van der Waals surface area (Å²) in [6.07, 6.45) is 4.49. The normalized spacial score (nSPS) is 22.8. The highest BCUT2D eigenvalue weighted by Crippen LogP contribution is 2.39. The second kappa shape index (κ2) is 5.33. The van der Waals surface area contributed by atoms with Crippen LogP contribution >= 0.6 is 0 Å². The van der Waals surface area contributed by atoms with Crippen LogP contribution in [0.25, 0.3) is 0 Å². The molecule has 2 fully saturated rings. The molecule has 1 aromatic rings. The lowest BCUT2D eigenvalue weighted by molar-refractivity contribution is 0.263. The van der Waals surface area contributed by atoms with Crippen molar-refractivity contribution in [1.29, 1.82) is 0 Å². The fraction of sp³-hybridized carbons (Fsp3) is 0.714. The molecule has 2 aliphatic rings. The summed E-state index contributed by atoms with van der Waals surface area (Å²) in [5.41, 5.74) is 0. The molecule has 5 nitrogen and oxygen atoms in total. The van der Waals surface area contributed by atoms with E-state index < -0.39 is 0 Å². The quantitative estimate of drug-likeness (QED) is 0.844. The molecule has 3 rings (SSSR count). The molecule has 5 heteroatoms. The molecule has 1 saturated heterocycles. The first kappa shape index (κ1) is 12.7. The molecule has 0 amide bonds. The second-order valence-corrected chi connectivity index (χ2v) is 5.61. The van der Waals surface area contributed by atoms with E-state index in [2.05, 4.69) is 15.2 Å². The minimum Gasteiger partial charge on any atom is -0.396 e. The van der Waals surface area contributed by atoms with Gasteiger partial charge in [0.15, 0.2) is 0 Å². The Hall–Kier alpha value is -1.36. The summed E-state index contributed by atoms with van der Waals surface area (Å²) >= 11 is 0. The zero-order valence-electron chi connectivity index (χ0n) is 11.5. The Morgan fingerprint density at radius 1 is 1.37 bits per heavy atom. The Morgan fingerprint density at radius 3 is 2.89 bits per heavy atom. The summed E-state index contributed by atoms with van der Waals surface area (Å²) in [5, 5.41) is 12.2. The van der Waals surface area contributed by atoms with Crippen LogP contribution in [0.2, 0.25) is 0 Å². The third-order valence-electron chi connectivity index (χ3n) is 4.08. The van der Waals surface area contributed by atoms with E-state index in [-0.39, 0.29) is 6.61 Å². The van der Waals surface area contributed by atoms with Crippen LogP contribution in [0.4, 0.5) is 11.6 Å². The molecule has 0 aromatic carbocycles. The number of hydrogen-bond donors (Lipinski definition) is 2. The molecular weight excluding hydrogens is 240 g/mol. The van der Waals surface area contributed by atoms with Crippen molar-refractivity contribution < 1.29 is 5.11 Å². The molecule has 1 aromatic heterocycles. The van der Waals surface area contributed by atoms with Crippen molar-refractivity contribution in [3.05, 3.63) is 11.9 Å². The van der Waals surface area contributed by atoms with Gasteiger partial charge in [-0.25, -0.2) is 9.97 Å². The van der Waals surface area contributed by atoms with Crippen molar-refractivity contribution in [1.82, 2.24) is 9.97 Å². The van der Waals surface area contributed by atoms with Gasteiger partial charge in [-0.3, -0.25) is 0 Å². The number of aliphatic hydroxyl groups is 1. The largest absolute Gasteiger partial charge is 0.396 e. The standard InChI is InChI=1S/C14H22N4O/c1-15-12-8-13(17-14(16-12)11-2-3-11)18-6-4-10(9-18)5-7-19/h8,10-11,19H,2-7,9H2,1H3,(H,15,16,17). The summed E-state index contributed by atoms with van der Waals surface area (Å²) in [5.74, 6) is 4.12. The van der Waals surface area contributed by atoms with E-state index in [1.54, 1.807) is 0 Å². The molecule has 0 radical (unpaired) electrons. The maximum Gasteiger partial charge on any atom is 0.136 e. The smallest absolute Gasteiger partial charge is 0.136 e. The Kier molecular flexibility index (Phi) is 3.55. The number of anilines is 2. The maximum atomic E-state index is 9.04. The molecule has 2 heterocycles. The van der Waals surface area contributed by atoms with Gasteiger partial charge < -0.3 is 15.3 Å². The van der Waals surface area contributed by atoms with Crippen molar-refractivity contribution in [2.75, 3.05) is 37.0 Å². The van der Waals surface area contributed by atoms with E-state index in [4.69, 9.17) is 10.1 Å². The third-order valence-corrected chi connectivity index (χ3v) is 4.08. The summed E-state index contributed by atoms with van der Waals surface area (Å²) in [6.45, 7) is 2.33. The summed E-state index contributed by atoms with van der Waals surface area (Å²) in [6, 6.07) is 2.03. The van der Waals surface area contributed by atoms with Gasteiger partial charge in [-0.2, -0.15) is 0 Å². The van der Waals surface area contributed by atoms with E-state index in [1.165, 1.54) is 12.8 Å². The summed E-state index contributed by atoms with van der Waals surface area (Å²) in [4.78, 5) is 11.6. The first-order valence-electron chi connectivity index (χ1n) is 7.22. The van der Waals surface area contributed by atoms with Crippen molar-refractivity contribution in [3.63, 3.8) is 0 Å². The van der Waals surface area contributed by atoms with Gasteiger partial charge in [0.2, 0.25) is 0 Å². The molecule has 0 spiro atoms. The minimum absolute atomic E-state index is 0.289. The highest BCUT2D eigenvalue weighted by molar-refractivity contribution is 5.50. The number of rotatable bonds is 5. The molecular formula is C14H22N4O. The van der Waals surface area contributed by atoms with Gasteiger partial charge in [0.1, 0.15) is 17.5 Å². The van der Waals surface area contributed by atoms with Crippen LogP contribution in [0.5, 0.6) is 0 Å². The average Bonchev–Trinajstić information content (AvgIpc) is 3.19. The van der Waals surface area contributed by atoms with Crippen LogP contribution in [-0.2, 0) is 0 Å². The van der Waals surface area contributed by atoms with Gasteiger partial charge in [-0.1, -0.05) is 0 Å². The molecule has 0 bridgehead atoms. The monoisotopic (exact) mass is 262 g/mol. The van der Waals surface area contributed by atoms with Crippen LogP contribution in [-0.4, -0.2) is 41.8 Å². The zero-order valence-corrected chi connectivity index (χ0v) is 11.5. The number of nitrogens with zero attached hydrogens (tertiary/aromatic N) is 3. The van der Waals surface area contributed by atoms with Crippen LogP contribution in [0.3, 0.4) is 0 Å². The van der Waals surface area contributed by atoms with Crippen molar-refractivity contribution in [2.45, 2.75) is 31.6 Å². The zero-order chi connectivity index (χ0) is 13.2. The van der Waals surface area contributed by atoms with E-state index in [0.29, 0.717) is 11.8 Å². The predicted octanol–water partition coefficient (Wildman–Crippen LogP) is 1.60. The summed E-state index contributed by atoms with van der Waals surface area (Å²) in [7, 11) is 1.90. The first-order valence-corrected chi connectivity index (χ1v) is 7.22. The minimum atomic E-state index is 0.289. The fourth-order valence-corrected chi connectivity index (χ4v) is 2.73. The van der Waals surface area contributed by atoms with Gasteiger partial charge in [0, 0.05) is 38.7 Å². The molecule has 1 aliphatic carbocycles. The van der Waals surface area contributed by atoms with Crippen LogP contribution < -0.4 is 10.2 Å². The Morgan fingerprint density at radius 2 is 2.21 bits per heavy atom. The van der Waals surface area contributed by atoms with E-state index in [1.807, 2.05) is 13.1 Å². The van der Waals surface area contributed by atoms with Crippen LogP contribution in [0.15, 0.2) is 6.07 Å². The van der Waals surface area contributed by atoms with Gasteiger partial charge in [0.05, 0.1) is 0 Å². The molecule has 2 N–H and O–H groups in total. The molecule has 1 atom stereocenters. The lowest BCUT2D eigenvalue weighted by atomic mass is 10.1. The Bertz CT molecular complexity index is 447. The Labute approximate surface area is 114 Å². The van der Waals surface area contributed by atoms with Crippen molar-refractivity contribution >= 4 is 11.6 Å². The first-order chi connectivity index (χ1) is 9.30. The lowest BCUT2D eigenvalue weighted by Crippen LogP contribution is -2.22. The molecule has 1 unspecified atom stereocenters. The van der Waals surface area contributed by atoms with Crippen molar-refractivity contribution in [2.24, 2.45) is 5.92 Å². The van der Waals surface area contributed by atoms with Crippen LogP contribution in [0.1, 0.15) is 37.4 Å². The second-order valence-electron chi connectivity index (χ2n) is 5.61. The van der Waals surface area contributed by atoms with Crippen LogP contribution in [0, 0.1) is 5.92 Å². The van der Waals surface area contributed by atoms with E-state index in [0.717, 1.165) is 43.4 Å². The highest BCUT2D eigenvalue weighted by Gasteiger charge is 2.29. The summed E-state index contributed by atoms with van der Waals surface area (Å²) < 4.78 is 0. The third kappa shape index (κ3) is 2.81. The number of aliphatic hydroxyl groups excluding tert-OH is 1. The number of aromatic nitrogens is 2. The van der Waals surface area contributed by atoms with Gasteiger partial charge in [-0.15, -0.1) is 0 Å². The van der Waals surface area contributed by atoms with Gasteiger partial charge in [-0.05, 0) is 31.6 Å². The molecule has 1 aliphatic heterocycles. The predicted molar refractivity (Wildman–Crippen MR) is 75.6 cm³/mol. The van der Waals surface area contributed by atoms with Gasteiger partial charge >= 0.3 is 0 Å². The Balaban J connectivity index is 1.78. The molecule has 104 valence electrons. The SMILES string of the molecule is CNc1cc(N2CCC(CCO)C2)nc(C2CC2)n1. The van der Waals surface area contributed by atoms with E-state index >= 15 is 0 Å². The fourth-order valence-electron chi connectivity index (χ4n) is 2.73. The number of nitrogens with one attached hydrogen (secondary N) is 1. The highest BCUT2D eigenvalue weighted by atomic mass is 16.3. The van der Waals surface area contributed by atoms with E-state index in [9.17, 15) is 0 Å². The van der Waals surface area contributed by atoms with Crippen molar-refractivity contribution in [3.8, 4) is 0 Å². The molecule has 19 heavy (non-hydrogen) atoms. The number of hydrogen-bond acceptors (Lipinski definition) is 5. The lowest BCUT2D eigenvalue weighted by Gasteiger charge is -2.19. The maximum absolute atomic E-state index is 9.04. The topological polar surface area (TPSA) is 61.3 Å². The average molecular weight is 262 g/mol. The molecule has 1 saturated carbocycles. The van der Waals surface area contributed by atoms with Gasteiger partial charge in [0.25, 0.3) is 0 Å².